The molecule has 2 heterocycles. The maximum absolute atomic E-state index is 13.2. The van der Waals surface area contributed by atoms with Crippen LogP contribution in [0.15, 0.2) is 24.3 Å². The van der Waals surface area contributed by atoms with Gasteiger partial charge in [-0.05, 0) is 44.9 Å². The number of carbonyl (C=O) groups excluding carboxylic acids is 3. The molecule has 0 aromatic heterocycles. The highest BCUT2D eigenvalue weighted by atomic mass is 32.2. The molecule has 31 heavy (non-hydrogen) atoms. The molecule has 0 radical (unpaired) electrons. The predicted octanol–water partition coefficient (Wildman–Crippen LogP) is 2.00. The Morgan fingerprint density at radius 2 is 1.84 bits per heavy atom. The van der Waals surface area contributed by atoms with Gasteiger partial charge < -0.3 is 20.1 Å². The summed E-state index contributed by atoms with van der Waals surface area (Å²) in [4.78, 5) is 52.1. The lowest BCUT2D eigenvalue weighted by Crippen LogP contribution is -2.82. The number of aliphatic carboxylic acids is 1. The van der Waals surface area contributed by atoms with Gasteiger partial charge in [-0.3, -0.25) is 14.4 Å². The summed E-state index contributed by atoms with van der Waals surface area (Å²) in [6.07, 6.45) is 0.633. The van der Waals surface area contributed by atoms with Crippen molar-refractivity contribution in [2.45, 2.75) is 68.7 Å². The lowest BCUT2D eigenvalue weighted by molar-refractivity contribution is -0.172. The average molecular weight is 449 g/mol. The van der Waals surface area contributed by atoms with Gasteiger partial charge in [-0.1, -0.05) is 19.1 Å². The van der Waals surface area contributed by atoms with Crippen LogP contribution in [0.1, 0.15) is 46.1 Å². The number of hydrogen-bond donors (Lipinski definition) is 2. The molecular weight excluding hydrogens is 420 g/mol. The first-order valence-electron chi connectivity index (χ1n) is 10.4. The normalized spacial score (nSPS) is 26.1. The van der Waals surface area contributed by atoms with Gasteiger partial charge in [0, 0.05) is 11.2 Å². The number of ether oxygens (including phenoxy) is 1. The molecule has 2 fully saturated rings. The summed E-state index contributed by atoms with van der Waals surface area (Å²) in [5.41, 5.74) is -1.00. The Hall–Kier alpha value is -2.55. The maximum Gasteiger partial charge on any atom is 0.327 e. The number of fused-ring (bicyclic) bond motifs is 1. The van der Waals surface area contributed by atoms with Crippen LogP contribution in [0.4, 0.5) is 0 Å². The van der Waals surface area contributed by atoms with Crippen molar-refractivity contribution >= 4 is 35.3 Å². The Kier molecular flexibility index (Phi) is 6.36. The fraction of sp³-hybridized carbons (Fsp3) is 0.545. The van der Waals surface area contributed by atoms with E-state index in [0.29, 0.717) is 24.3 Å². The number of nitrogens with zero attached hydrogens (tertiary/aromatic N) is 1. The van der Waals surface area contributed by atoms with Crippen LogP contribution in [0, 0.1) is 0 Å². The zero-order valence-electron chi connectivity index (χ0n) is 18.1. The highest BCUT2D eigenvalue weighted by Gasteiger charge is 2.74. The van der Waals surface area contributed by atoms with Gasteiger partial charge in [0.25, 0.3) is 5.91 Å². The van der Waals surface area contributed by atoms with Crippen LogP contribution in [-0.2, 0) is 25.6 Å². The topological polar surface area (TPSA) is 113 Å². The third-order valence-corrected chi connectivity index (χ3v) is 7.27. The Labute approximate surface area is 185 Å². The van der Waals surface area contributed by atoms with E-state index in [1.54, 1.807) is 38.1 Å². The molecule has 0 spiro atoms. The van der Waals surface area contributed by atoms with Crippen LogP contribution in [0.5, 0.6) is 5.75 Å². The Morgan fingerprint density at radius 3 is 2.39 bits per heavy atom. The van der Waals surface area contributed by atoms with E-state index in [2.05, 4.69) is 5.32 Å². The van der Waals surface area contributed by atoms with Crippen molar-refractivity contribution in [1.29, 1.82) is 0 Å². The SMILES string of the molecule is CCCC(=O)C1(NC(=O)Cc2ccc(OCC)cc2)C(=O)N2[C@@H](C(=O)O)C(C)(C)S[C@@H]21. The van der Waals surface area contributed by atoms with Gasteiger partial charge in [-0.15, -0.1) is 11.8 Å². The molecule has 0 aliphatic carbocycles. The third kappa shape index (κ3) is 3.91. The molecule has 1 aromatic rings. The largest absolute Gasteiger partial charge is 0.494 e. The second-order valence-corrected chi connectivity index (χ2v) is 10.0. The van der Waals surface area contributed by atoms with Gasteiger partial charge in [-0.2, -0.15) is 0 Å². The molecule has 168 valence electrons. The first-order valence-corrected chi connectivity index (χ1v) is 11.3. The number of nitrogens with one attached hydrogen (secondary N) is 1. The van der Waals surface area contributed by atoms with E-state index in [1.807, 2.05) is 13.8 Å². The lowest BCUT2D eigenvalue weighted by Gasteiger charge is -2.52. The average Bonchev–Trinajstić information content (AvgIpc) is 2.96. The number of carboxylic acid groups (broad SMARTS) is 1. The number of ketones is 1. The number of β-lactam (4-membered cyclic amide) rings is 1. The summed E-state index contributed by atoms with van der Waals surface area (Å²) in [5, 5.41) is 11.6. The highest BCUT2D eigenvalue weighted by molar-refractivity contribution is 8.01. The maximum atomic E-state index is 13.2. The number of rotatable bonds is 9. The number of carbonyl (C=O) groups is 4. The Bertz CT molecular complexity index is 900. The highest BCUT2D eigenvalue weighted by Crippen LogP contribution is 2.55. The van der Waals surface area contributed by atoms with Gasteiger partial charge >= 0.3 is 5.97 Å². The van der Waals surface area contributed by atoms with Crippen LogP contribution >= 0.6 is 11.8 Å². The van der Waals surface area contributed by atoms with E-state index < -0.39 is 39.5 Å². The van der Waals surface area contributed by atoms with E-state index in [9.17, 15) is 24.3 Å². The van der Waals surface area contributed by atoms with Gasteiger partial charge in [0.05, 0.1) is 13.0 Å². The number of thioether (sulfide) groups is 1. The molecule has 1 aromatic carbocycles. The number of carboxylic acids is 1. The van der Waals surface area contributed by atoms with Crippen LogP contribution in [0.25, 0.3) is 0 Å². The number of benzene rings is 1. The molecule has 1 unspecified atom stereocenters. The van der Waals surface area contributed by atoms with E-state index in [0.717, 1.165) is 0 Å². The first kappa shape index (κ1) is 23.1. The molecule has 8 nitrogen and oxygen atoms in total. The van der Waals surface area contributed by atoms with Crippen molar-refractivity contribution < 1.29 is 29.0 Å². The minimum atomic E-state index is -1.72. The van der Waals surface area contributed by atoms with Crippen LogP contribution in [-0.4, -0.2) is 61.9 Å². The summed E-state index contributed by atoms with van der Waals surface area (Å²) >= 11 is 1.25. The second-order valence-electron chi connectivity index (χ2n) is 8.31. The zero-order chi connectivity index (χ0) is 23.0. The summed E-state index contributed by atoms with van der Waals surface area (Å²) in [5.74, 6) is -1.91. The van der Waals surface area contributed by atoms with Gasteiger partial charge in [0.2, 0.25) is 11.4 Å². The summed E-state index contributed by atoms with van der Waals surface area (Å²) < 4.78 is 4.60. The van der Waals surface area contributed by atoms with Crippen molar-refractivity contribution in [2.75, 3.05) is 6.61 Å². The predicted molar refractivity (Wildman–Crippen MR) is 116 cm³/mol. The van der Waals surface area contributed by atoms with Gasteiger partial charge in [0.1, 0.15) is 17.2 Å². The Balaban J connectivity index is 1.84. The van der Waals surface area contributed by atoms with Crippen LogP contribution in [0.3, 0.4) is 0 Å². The molecular formula is C22H28N2O6S. The van der Waals surface area contributed by atoms with Crippen molar-refractivity contribution in [1.82, 2.24) is 10.2 Å². The minimum absolute atomic E-state index is 0.00994. The van der Waals surface area contributed by atoms with E-state index in [1.165, 1.54) is 16.7 Å². The number of hydrogen-bond acceptors (Lipinski definition) is 6. The van der Waals surface area contributed by atoms with Crippen LogP contribution in [0.2, 0.25) is 0 Å². The first-order chi connectivity index (χ1) is 14.6. The number of Topliss-reactive ketones (excluding diaryl/α,β-unsaturated/α-hetero) is 1. The molecule has 3 rings (SSSR count). The fourth-order valence-electron chi connectivity index (χ4n) is 4.25. The fourth-order valence-corrected chi connectivity index (χ4v) is 5.96. The molecule has 3 atom stereocenters. The standard InChI is InChI=1S/C22H28N2O6S/c1-5-7-15(25)22(19(29)24-17(18(27)28)21(3,4)31-20(22)24)23-16(26)12-13-8-10-14(11-9-13)30-6-2/h8-11,17,20H,5-7,12H2,1-4H3,(H,23,26)(H,27,28)/t17-,20+,22?/m0/s1. The van der Waals surface area contributed by atoms with Crippen molar-refractivity contribution in [3.63, 3.8) is 0 Å². The molecule has 2 N–H and O–H groups in total. The zero-order valence-corrected chi connectivity index (χ0v) is 19.0. The summed E-state index contributed by atoms with van der Waals surface area (Å²) in [7, 11) is 0. The van der Waals surface area contributed by atoms with Gasteiger partial charge in [0.15, 0.2) is 5.78 Å². The summed E-state index contributed by atoms with van der Waals surface area (Å²) in [6, 6.07) is 5.97. The van der Waals surface area contributed by atoms with Gasteiger partial charge in [-0.25, -0.2) is 4.79 Å². The molecule has 9 heteroatoms. The molecule has 2 aliphatic rings. The third-order valence-electron chi connectivity index (χ3n) is 5.63. The molecule has 0 saturated carbocycles. The molecule has 0 bridgehead atoms. The van der Waals surface area contributed by atoms with E-state index in [4.69, 9.17) is 4.74 Å². The molecule has 2 aliphatic heterocycles. The summed E-state index contributed by atoms with van der Waals surface area (Å²) in [6.45, 7) is 7.70. The molecule has 2 saturated heterocycles. The van der Waals surface area contributed by atoms with Crippen molar-refractivity contribution in [2.24, 2.45) is 0 Å². The molecule has 2 amide bonds. The smallest absolute Gasteiger partial charge is 0.327 e. The quantitative estimate of drug-likeness (QED) is 0.439. The van der Waals surface area contributed by atoms with E-state index >= 15 is 0 Å². The van der Waals surface area contributed by atoms with Crippen molar-refractivity contribution in [3.05, 3.63) is 29.8 Å². The Morgan fingerprint density at radius 1 is 1.19 bits per heavy atom. The lowest BCUT2D eigenvalue weighted by atomic mass is 9.79. The monoisotopic (exact) mass is 448 g/mol. The van der Waals surface area contributed by atoms with Crippen LogP contribution < -0.4 is 10.1 Å². The minimum Gasteiger partial charge on any atom is -0.494 e. The number of amides is 2. The second kappa shape index (κ2) is 8.53. The van der Waals surface area contributed by atoms with Crippen molar-refractivity contribution in [3.8, 4) is 5.75 Å². The van der Waals surface area contributed by atoms with E-state index in [-0.39, 0.29) is 18.6 Å².